The number of benzene rings is 3. The largest absolute Gasteiger partial charge is 0.454 e. The summed E-state index contributed by atoms with van der Waals surface area (Å²) in [5.41, 5.74) is 3.86. The van der Waals surface area contributed by atoms with E-state index in [1.165, 1.54) is 6.21 Å². The fourth-order valence-electron chi connectivity index (χ4n) is 2.68. The Hall–Kier alpha value is -3.84. The third-order valence-corrected chi connectivity index (χ3v) is 4.42. The van der Waals surface area contributed by atoms with Crippen molar-refractivity contribution in [1.82, 2.24) is 5.43 Å². The van der Waals surface area contributed by atoms with E-state index in [2.05, 4.69) is 10.5 Å². The van der Waals surface area contributed by atoms with E-state index >= 15 is 0 Å². The maximum absolute atomic E-state index is 12.2. The minimum atomic E-state index is -0.503. The van der Waals surface area contributed by atoms with Crippen LogP contribution in [0.1, 0.15) is 26.3 Å². The molecule has 8 heteroatoms. The van der Waals surface area contributed by atoms with E-state index < -0.39 is 11.9 Å². The Morgan fingerprint density at radius 1 is 0.967 bits per heavy atom. The summed E-state index contributed by atoms with van der Waals surface area (Å²) in [6.45, 7) is 0.136. The molecule has 1 heterocycles. The van der Waals surface area contributed by atoms with Crippen LogP contribution in [0.25, 0.3) is 0 Å². The lowest BCUT2D eigenvalue weighted by atomic mass is 10.2. The van der Waals surface area contributed by atoms with Gasteiger partial charge in [0.25, 0.3) is 5.91 Å². The van der Waals surface area contributed by atoms with Crippen molar-refractivity contribution in [3.63, 3.8) is 0 Å². The number of carbonyl (C=O) groups excluding carboxylic acids is 2. The zero-order valence-corrected chi connectivity index (χ0v) is 16.3. The summed E-state index contributed by atoms with van der Waals surface area (Å²) in [6.07, 6.45) is 1.45. The molecule has 0 saturated carbocycles. The molecule has 0 aliphatic carbocycles. The molecule has 150 valence electrons. The highest BCUT2D eigenvalue weighted by atomic mass is 35.5. The van der Waals surface area contributed by atoms with Gasteiger partial charge in [0.2, 0.25) is 6.79 Å². The molecule has 4 rings (SSSR count). The van der Waals surface area contributed by atoms with Gasteiger partial charge in [-0.05, 0) is 60.2 Å². The summed E-state index contributed by atoms with van der Waals surface area (Å²) in [5.74, 6) is 0.564. The fraction of sp³-hybridized carbons (Fsp3) is 0.0455. The summed E-state index contributed by atoms with van der Waals surface area (Å²) in [6, 6.07) is 18.0. The van der Waals surface area contributed by atoms with Gasteiger partial charge < -0.3 is 14.2 Å². The van der Waals surface area contributed by atoms with Crippen molar-refractivity contribution in [2.24, 2.45) is 5.10 Å². The number of nitrogens with zero attached hydrogens (tertiary/aromatic N) is 1. The van der Waals surface area contributed by atoms with Crippen molar-refractivity contribution >= 4 is 29.7 Å². The number of hydrogen-bond donors (Lipinski definition) is 1. The Morgan fingerprint density at radius 2 is 1.73 bits per heavy atom. The Bertz CT molecular complexity index is 1130. The van der Waals surface area contributed by atoms with Crippen LogP contribution in [0, 0.1) is 0 Å². The fourth-order valence-corrected chi connectivity index (χ4v) is 2.80. The van der Waals surface area contributed by atoms with Gasteiger partial charge in [0.05, 0.1) is 11.8 Å². The van der Waals surface area contributed by atoms with Crippen LogP contribution >= 0.6 is 11.6 Å². The number of hydrogen-bond acceptors (Lipinski definition) is 6. The van der Waals surface area contributed by atoms with Crippen LogP contribution in [-0.4, -0.2) is 24.9 Å². The molecule has 1 aliphatic rings. The third-order valence-electron chi connectivity index (χ3n) is 4.16. The molecule has 1 aliphatic heterocycles. The maximum Gasteiger partial charge on any atom is 0.343 e. The van der Waals surface area contributed by atoms with Gasteiger partial charge in [0, 0.05) is 10.6 Å². The Morgan fingerprint density at radius 3 is 2.57 bits per heavy atom. The topological polar surface area (TPSA) is 86.2 Å². The highest BCUT2D eigenvalue weighted by molar-refractivity contribution is 6.30. The van der Waals surface area contributed by atoms with E-state index in [-0.39, 0.29) is 6.79 Å². The molecule has 30 heavy (non-hydrogen) atoms. The molecule has 0 atom stereocenters. The lowest BCUT2D eigenvalue weighted by Gasteiger charge is -2.05. The first-order valence-electron chi connectivity index (χ1n) is 8.89. The zero-order valence-electron chi connectivity index (χ0n) is 15.5. The molecule has 0 bridgehead atoms. The number of hydrazone groups is 1. The number of amides is 1. The Kier molecular flexibility index (Phi) is 5.63. The first kappa shape index (κ1) is 19.5. The van der Waals surface area contributed by atoms with Gasteiger partial charge in [-0.1, -0.05) is 23.7 Å². The van der Waals surface area contributed by atoms with E-state index in [1.54, 1.807) is 66.7 Å². The van der Waals surface area contributed by atoms with Gasteiger partial charge in [-0.3, -0.25) is 4.79 Å². The van der Waals surface area contributed by atoms with Gasteiger partial charge in [0.15, 0.2) is 11.5 Å². The molecule has 1 N–H and O–H groups in total. The molecule has 0 fully saturated rings. The van der Waals surface area contributed by atoms with Crippen LogP contribution < -0.4 is 19.6 Å². The smallest absolute Gasteiger partial charge is 0.343 e. The highest BCUT2D eigenvalue weighted by Gasteiger charge is 2.16. The molecule has 0 spiro atoms. The van der Waals surface area contributed by atoms with Crippen LogP contribution in [0.3, 0.4) is 0 Å². The van der Waals surface area contributed by atoms with Crippen LogP contribution in [0.2, 0.25) is 5.02 Å². The lowest BCUT2D eigenvalue weighted by molar-refractivity contribution is 0.0734. The standard InChI is InChI=1S/C22H15ClN2O5/c23-17-7-4-15(5-8-17)22(27)30-18-3-1-2-14(10-18)12-24-25-21(26)16-6-9-19-20(11-16)29-13-28-19/h1-12H,13H2,(H,25,26)/b24-12-. The predicted molar refractivity (Wildman–Crippen MR) is 110 cm³/mol. The molecule has 7 nitrogen and oxygen atoms in total. The van der Waals surface area contributed by atoms with Crippen molar-refractivity contribution in [2.75, 3.05) is 6.79 Å². The Balaban J connectivity index is 1.37. The second-order valence-electron chi connectivity index (χ2n) is 6.24. The second kappa shape index (κ2) is 8.67. The van der Waals surface area contributed by atoms with E-state index in [4.69, 9.17) is 25.8 Å². The van der Waals surface area contributed by atoms with Gasteiger partial charge in [-0.2, -0.15) is 5.10 Å². The summed E-state index contributed by atoms with van der Waals surface area (Å²) >= 11 is 5.82. The van der Waals surface area contributed by atoms with Crippen LogP contribution in [0.4, 0.5) is 0 Å². The predicted octanol–water partition coefficient (Wildman–Crippen LogP) is 4.05. The van der Waals surface area contributed by atoms with Crippen molar-refractivity contribution < 1.29 is 23.8 Å². The van der Waals surface area contributed by atoms with Crippen LogP contribution in [0.15, 0.2) is 71.8 Å². The third kappa shape index (κ3) is 4.59. The molecule has 0 saturated heterocycles. The van der Waals surface area contributed by atoms with Gasteiger partial charge in [-0.25, -0.2) is 10.2 Å². The number of fused-ring (bicyclic) bond motifs is 1. The second-order valence-corrected chi connectivity index (χ2v) is 6.67. The monoisotopic (exact) mass is 422 g/mol. The zero-order chi connectivity index (χ0) is 20.9. The average molecular weight is 423 g/mol. The molecule has 0 radical (unpaired) electrons. The highest BCUT2D eigenvalue weighted by Crippen LogP contribution is 2.32. The summed E-state index contributed by atoms with van der Waals surface area (Å²) in [7, 11) is 0. The van der Waals surface area contributed by atoms with E-state index in [0.717, 1.165) is 0 Å². The SMILES string of the molecule is O=C(N/N=C\c1cccc(OC(=O)c2ccc(Cl)cc2)c1)c1ccc2c(c1)OCO2. The first-order chi connectivity index (χ1) is 14.6. The minimum absolute atomic E-state index is 0.136. The molecule has 3 aromatic rings. The van der Waals surface area contributed by atoms with Crippen molar-refractivity contribution in [1.29, 1.82) is 0 Å². The van der Waals surface area contributed by atoms with Crippen LogP contribution in [-0.2, 0) is 0 Å². The van der Waals surface area contributed by atoms with Gasteiger partial charge >= 0.3 is 5.97 Å². The maximum atomic E-state index is 12.2. The number of nitrogens with one attached hydrogen (secondary N) is 1. The van der Waals surface area contributed by atoms with Crippen LogP contribution in [0.5, 0.6) is 17.2 Å². The lowest BCUT2D eigenvalue weighted by Crippen LogP contribution is -2.17. The summed E-state index contributed by atoms with van der Waals surface area (Å²) in [5, 5.41) is 4.48. The van der Waals surface area contributed by atoms with E-state index in [0.29, 0.717) is 39.0 Å². The summed E-state index contributed by atoms with van der Waals surface area (Å²) in [4.78, 5) is 24.4. The molecule has 3 aromatic carbocycles. The number of esters is 1. The number of carbonyl (C=O) groups is 2. The summed E-state index contributed by atoms with van der Waals surface area (Å²) < 4.78 is 15.8. The molecule has 0 aromatic heterocycles. The normalized spacial score (nSPS) is 12.0. The van der Waals surface area contributed by atoms with Crippen molar-refractivity contribution in [3.8, 4) is 17.2 Å². The van der Waals surface area contributed by atoms with Gasteiger partial charge in [-0.15, -0.1) is 0 Å². The first-order valence-corrected chi connectivity index (χ1v) is 9.27. The van der Waals surface area contributed by atoms with Gasteiger partial charge in [0.1, 0.15) is 5.75 Å². The Labute approximate surface area is 176 Å². The van der Waals surface area contributed by atoms with Crippen molar-refractivity contribution in [3.05, 3.63) is 88.4 Å². The number of rotatable bonds is 5. The molecular formula is C22H15ClN2O5. The number of halogens is 1. The minimum Gasteiger partial charge on any atom is -0.454 e. The molecule has 1 amide bonds. The molecular weight excluding hydrogens is 408 g/mol. The van der Waals surface area contributed by atoms with E-state index in [1.807, 2.05) is 0 Å². The number of ether oxygens (including phenoxy) is 3. The quantitative estimate of drug-likeness (QED) is 0.290. The average Bonchev–Trinajstić information content (AvgIpc) is 3.22. The van der Waals surface area contributed by atoms with Crippen molar-refractivity contribution in [2.45, 2.75) is 0 Å². The van der Waals surface area contributed by atoms with E-state index in [9.17, 15) is 9.59 Å². The molecule has 0 unspecified atom stereocenters.